The number of carbonyl (C=O) groups excluding carboxylic acids is 1. The van der Waals surface area contributed by atoms with Gasteiger partial charge in [0.25, 0.3) is 0 Å². The van der Waals surface area contributed by atoms with E-state index in [2.05, 4.69) is 45.3 Å². The Hall–Kier alpha value is -1.55. The summed E-state index contributed by atoms with van der Waals surface area (Å²) in [7, 11) is 0. The molecular weight excluding hydrogens is 256 g/mol. The summed E-state index contributed by atoms with van der Waals surface area (Å²) >= 11 is 1.74. The largest absolute Gasteiger partial charge is 0.347 e. The molecule has 0 radical (unpaired) electrons. The van der Waals surface area contributed by atoms with E-state index in [4.69, 9.17) is 0 Å². The first kappa shape index (κ1) is 11.3. The normalized spacial score (nSPS) is 22.3. The lowest BCUT2D eigenvalue weighted by molar-refractivity contribution is -0.135. The fourth-order valence-electron chi connectivity index (χ4n) is 2.93. The Morgan fingerprint density at radius 3 is 2.84 bits per heavy atom. The van der Waals surface area contributed by atoms with E-state index in [-0.39, 0.29) is 6.04 Å². The Morgan fingerprint density at radius 1 is 1.21 bits per heavy atom. The summed E-state index contributed by atoms with van der Waals surface area (Å²) in [5, 5.41) is 2.09. The molecule has 4 heteroatoms. The zero-order valence-corrected chi connectivity index (χ0v) is 11.5. The molecule has 19 heavy (non-hydrogen) atoms. The maximum atomic E-state index is 12.5. The molecule has 1 atom stereocenters. The van der Waals surface area contributed by atoms with E-state index in [0.717, 1.165) is 25.9 Å². The molecule has 4 rings (SSSR count). The minimum Gasteiger partial charge on any atom is -0.347 e. The Bertz CT molecular complexity index is 597. The van der Waals surface area contributed by atoms with Crippen LogP contribution in [0.15, 0.2) is 35.8 Å². The number of nitrogens with zero attached hydrogens (tertiary/aromatic N) is 2. The second-order valence-electron chi connectivity index (χ2n) is 5.35. The maximum absolute atomic E-state index is 12.5. The van der Waals surface area contributed by atoms with Crippen LogP contribution in [-0.2, 0) is 11.3 Å². The SMILES string of the molecule is O=C(C1CC1)N1CCn2cccc2C1c1cccs1. The van der Waals surface area contributed by atoms with Gasteiger partial charge >= 0.3 is 0 Å². The zero-order valence-electron chi connectivity index (χ0n) is 10.7. The molecule has 0 aromatic carbocycles. The van der Waals surface area contributed by atoms with Gasteiger partial charge in [-0.2, -0.15) is 0 Å². The van der Waals surface area contributed by atoms with Crippen molar-refractivity contribution in [3.63, 3.8) is 0 Å². The molecule has 0 saturated heterocycles. The molecule has 1 unspecified atom stereocenters. The minimum atomic E-state index is 0.122. The van der Waals surface area contributed by atoms with Gasteiger partial charge in [-0.1, -0.05) is 6.07 Å². The number of amides is 1. The summed E-state index contributed by atoms with van der Waals surface area (Å²) in [6.07, 6.45) is 4.27. The van der Waals surface area contributed by atoms with Crippen molar-refractivity contribution in [3.8, 4) is 0 Å². The number of hydrogen-bond donors (Lipinski definition) is 0. The standard InChI is InChI=1S/C15H16N2OS/c18-15(11-5-6-11)17-9-8-16-7-1-3-12(16)14(17)13-4-2-10-19-13/h1-4,7,10-11,14H,5-6,8-9H2. The van der Waals surface area contributed by atoms with Gasteiger partial charge in [-0.05, 0) is 36.4 Å². The molecule has 0 bridgehead atoms. The lowest BCUT2D eigenvalue weighted by Gasteiger charge is -2.36. The predicted molar refractivity (Wildman–Crippen MR) is 75.0 cm³/mol. The van der Waals surface area contributed by atoms with E-state index >= 15 is 0 Å². The first-order chi connectivity index (χ1) is 9.34. The van der Waals surface area contributed by atoms with Gasteiger partial charge in [0.05, 0.1) is 0 Å². The quantitative estimate of drug-likeness (QED) is 0.825. The summed E-state index contributed by atoms with van der Waals surface area (Å²) in [5.41, 5.74) is 1.25. The van der Waals surface area contributed by atoms with Crippen LogP contribution in [0, 0.1) is 5.92 Å². The van der Waals surface area contributed by atoms with Crippen LogP contribution in [0.4, 0.5) is 0 Å². The molecule has 1 saturated carbocycles. The highest BCUT2D eigenvalue weighted by atomic mass is 32.1. The molecule has 0 spiro atoms. The van der Waals surface area contributed by atoms with Crippen molar-refractivity contribution in [3.05, 3.63) is 46.4 Å². The molecule has 1 aliphatic heterocycles. The summed E-state index contributed by atoms with van der Waals surface area (Å²) in [6.45, 7) is 1.75. The van der Waals surface area contributed by atoms with Gasteiger partial charge < -0.3 is 9.47 Å². The molecule has 2 aromatic rings. The highest BCUT2D eigenvalue weighted by molar-refractivity contribution is 7.10. The molecule has 1 fully saturated rings. The molecule has 1 amide bonds. The Balaban J connectivity index is 1.77. The van der Waals surface area contributed by atoms with Gasteiger partial charge in [-0.3, -0.25) is 4.79 Å². The van der Waals surface area contributed by atoms with Gasteiger partial charge in [-0.25, -0.2) is 0 Å². The third kappa shape index (κ3) is 1.82. The topological polar surface area (TPSA) is 25.2 Å². The molecule has 0 N–H and O–H groups in total. The van der Waals surface area contributed by atoms with Crippen molar-refractivity contribution < 1.29 is 4.79 Å². The molecule has 98 valence electrons. The van der Waals surface area contributed by atoms with E-state index in [1.54, 1.807) is 11.3 Å². The van der Waals surface area contributed by atoms with Gasteiger partial charge in [0, 0.05) is 35.8 Å². The number of rotatable bonds is 2. The maximum Gasteiger partial charge on any atom is 0.226 e. The van der Waals surface area contributed by atoms with Crippen molar-refractivity contribution in [2.75, 3.05) is 6.54 Å². The van der Waals surface area contributed by atoms with Crippen LogP contribution in [0.3, 0.4) is 0 Å². The molecule has 2 aliphatic rings. The molecule has 3 heterocycles. The summed E-state index contributed by atoms with van der Waals surface area (Å²) < 4.78 is 2.28. The third-order valence-electron chi connectivity index (χ3n) is 4.06. The van der Waals surface area contributed by atoms with E-state index in [9.17, 15) is 4.79 Å². The van der Waals surface area contributed by atoms with E-state index < -0.39 is 0 Å². The summed E-state index contributed by atoms with van der Waals surface area (Å²) in [4.78, 5) is 15.9. The van der Waals surface area contributed by atoms with Crippen molar-refractivity contribution in [1.82, 2.24) is 9.47 Å². The van der Waals surface area contributed by atoms with Gasteiger partial charge in [0.15, 0.2) is 0 Å². The van der Waals surface area contributed by atoms with Gasteiger partial charge in [-0.15, -0.1) is 11.3 Å². The number of hydrogen-bond acceptors (Lipinski definition) is 2. The second-order valence-corrected chi connectivity index (χ2v) is 6.33. The van der Waals surface area contributed by atoms with Crippen molar-refractivity contribution in [2.45, 2.75) is 25.4 Å². The number of thiophene rings is 1. The Kier molecular flexibility index (Phi) is 2.52. The monoisotopic (exact) mass is 272 g/mol. The predicted octanol–water partition coefficient (Wildman–Crippen LogP) is 2.89. The molecular formula is C15H16N2OS. The van der Waals surface area contributed by atoms with Crippen LogP contribution in [0.5, 0.6) is 0 Å². The molecule has 3 nitrogen and oxygen atoms in total. The highest BCUT2D eigenvalue weighted by Gasteiger charge is 2.39. The van der Waals surface area contributed by atoms with Gasteiger partial charge in [0.1, 0.15) is 6.04 Å². The first-order valence-corrected chi connectivity index (χ1v) is 7.71. The van der Waals surface area contributed by atoms with E-state index in [1.807, 2.05) is 0 Å². The lowest BCUT2D eigenvalue weighted by atomic mass is 10.1. The van der Waals surface area contributed by atoms with Crippen LogP contribution in [0.1, 0.15) is 29.5 Å². The smallest absolute Gasteiger partial charge is 0.226 e. The first-order valence-electron chi connectivity index (χ1n) is 6.83. The van der Waals surface area contributed by atoms with Crippen LogP contribution >= 0.6 is 11.3 Å². The van der Waals surface area contributed by atoms with E-state index in [0.29, 0.717) is 11.8 Å². The summed E-state index contributed by atoms with van der Waals surface area (Å²) in [6, 6.07) is 8.57. The fraction of sp³-hybridized carbons (Fsp3) is 0.400. The third-order valence-corrected chi connectivity index (χ3v) is 4.99. The van der Waals surface area contributed by atoms with Gasteiger partial charge in [0.2, 0.25) is 5.91 Å². The zero-order chi connectivity index (χ0) is 12.8. The summed E-state index contributed by atoms with van der Waals surface area (Å²) in [5.74, 6) is 0.648. The number of carbonyl (C=O) groups is 1. The lowest BCUT2D eigenvalue weighted by Crippen LogP contribution is -2.42. The second kappa shape index (κ2) is 4.23. The minimum absolute atomic E-state index is 0.122. The van der Waals surface area contributed by atoms with Crippen molar-refractivity contribution >= 4 is 17.2 Å². The van der Waals surface area contributed by atoms with Crippen LogP contribution in [0.2, 0.25) is 0 Å². The van der Waals surface area contributed by atoms with Crippen LogP contribution in [0.25, 0.3) is 0 Å². The average Bonchev–Trinajstić information content (AvgIpc) is 2.94. The fourth-order valence-corrected chi connectivity index (χ4v) is 3.78. The van der Waals surface area contributed by atoms with Crippen LogP contribution < -0.4 is 0 Å². The Morgan fingerprint density at radius 2 is 2.11 bits per heavy atom. The van der Waals surface area contributed by atoms with Crippen molar-refractivity contribution in [1.29, 1.82) is 0 Å². The Labute approximate surface area is 116 Å². The van der Waals surface area contributed by atoms with Crippen molar-refractivity contribution in [2.24, 2.45) is 5.92 Å². The molecule has 1 aliphatic carbocycles. The number of fused-ring (bicyclic) bond motifs is 1. The van der Waals surface area contributed by atoms with E-state index in [1.165, 1.54) is 10.6 Å². The highest BCUT2D eigenvalue weighted by Crippen LogP contribution is 2.39. The average molecular weight is 272 g/mol. The molecule has 2 aromatic heterocycles. The van der Waals surface area contributed by atoms with Crippen LogP contribution in [-0.4, -0.2) is 21.9 Å². The number of aromatic nitrogens is 1.